The van der Waals surface area contributed by atoms with E-state index in [-0.39, 0.29) is 11.4 Å². The standard InChI is InChI=1S/C13H11NO3/c1-9-7-11(13(15)16)12(14-8-9)17-10-5-3-2-4-6-10/h2-8H,1H3,(H,15,16). The Hall–Kier alpha value is -2.36. The molecular formula is C13H11NO3. The zero-order valence-electron chi connectivity index (χ0n) is 9.25. The summed E-state index contributed by atoms with van der Waals surface area (Å²) in [4.78, 5) is 15.0. The van der Waals surface area contributed by atoms with Gasteiger partial charge in [0.15, 0.2) is 0 Å². The molecule has 17 heavy (non-hydrogen) atoms. The van der Waals surface area contributed by atoms with Crippen LogP contribution in [0.25, 0.3) is 0 Å². The van der Waals surface area contributed by atoms with E-state index >= 15 is 0 Å². The summed E-state index contributed by atoms with van der Waals surface area (Å²) in [5.74, 6) is -0.382. The van der Waals surface area contributed by atoms with Crippen molar-refractivity contribution in [3.8, 4) is 11.6 Å². The second-order valence-corrected chi connectivity index (χ2v) is 3.59. The monoisotopic (exact) mass is 229 g/mol. The summed E-state index contributed by atoms with van der Waals surface area (Å²) < 4.78 is 5.43. The third-order valence-corrected chi connectivity index (χ3v) is 2.18. The van der Waals surface area contributed by atoms with Crippen LogP contribution in [-0.4, -0.2) is 16.1 Å². The number of hydrogen-bond donors (Lipinski definition) is 1. The van der Waals surface area contributed by atoms with Gasteiger partial charge in [0.25, 0.3) is 0 Å². The van der Waals surface area contributed by atoms with E-state index in [0.717, 1.165) is 5.56 Å². The van der Waals surface area contributed by atoms with Crippen molar-refractivity contribution < 1.29 is 14.6 Å². The Morgan fingerprint density at radius 3 is 2.65 bits per heavy atom. The molecule has 0 saturated carbocycles. The number of ether oxygens (including phenoxy) is 1. The first-order valence-electron chi connectivity index (χ1n) is 5.09. The quantitative estimate of drug-likeness (QED) is 0.879. The van der Waals surface area contributed by atoms with E-state index in [1.54, 1.807) is 25.3 Å². The Kier molecular flexibility index (Phi) is 3.05. The molecule has 2 aromatic rings. The maximum atomic E-state index is 11.0. The molecule has 4 heteroatoms. The number of hydrogen-bond acceptors (Lipinski definition) is 3. The van der Waals surface area contributed by atoms with Crippen molar-refractivity contribution in [2.45, 2.75) is 6.92 Å². The Balaban J connectivity index is 2.36. The van der Waals surface area contributed by atoms with Crippen LogP contribution in [-0.2, 0) is 0 Å². The van der Waals surface area contributed by atoms with Crippen LogP contribution in [0.5, 0.6) is 11.6 Å². The summed E-state index contributed by atoms with van der Waals surface area (Å²) in [6, 6.07) is 10.5. The molecular weight excluding hydrogens is 218 g/mol. The molecule has 0 bridgehead atoms. The second-order valence-electron chi connectivity index (χ2n) is 3.59. The van der Waals surface area contributed by atoms with Gasteiger partial charge in [-0.3, -0.25) is 0 Å². The van der Waals surface area contributed by atoms with Gasteiger partial charge in [-0.2, -0.15) is 0 Å². The molecule has 0 fully saturated rings. The Labute approximate surface area is 98.5 Å². The Morgan fingerprint density at radius 1 is 1.29 bits per heavy atom. The molecule has 0 amide bonds. The SMILES string of the molecule is Cc1cnc(Oc2ccccc2)c(C(=O)O)c1. The smallest absolute Gasteiger partial charge is 0.341 e. The first-order chi connectivity index (χ1) is 8.16. The minimum Gasteiger partial charge on any atom is -0.477 e. The number of carboxylic acids is 1. The molecule has 4 nitrogen and oxygen atoms in total. The third-order valence-electron chi connectivity index (χ3n) is 2.18. The van der Waals surface area contributed by atoms with E-state index in [2.05, 4.69) is 4.98 Å². The number of para-hydroxylation sites is 1. The number of aromatic nitrogens is 1. The van der Waals surface area contributed by atoms with E-state index in [9.17, 15) is 4.79 Å². The van der Waals surface area contributed by atoms with E-state index in [0.29, 0.717) is 5.75 Å². The van der Waals surface area contributed by atoms with Crippen LogP contribution in [0.2, 0.25) is 0 Å². The molecule has 86 valence electrons. The zero-order chi connectivity index (χ0) is 12.3. The predicted octanol–water partition coefficient (Wildman–Crippen LogP) is 2.88. The summed E-state index contributed by atoms with van der Waals surface area (Å²) in [6.07, 6.45) is 1.57. The molecule has 0 unspecified atom stereocenters. The Bertz CT molecular complexity index is 538. The average molecular weight is 229 g/mol. The van der Waals surface area contributed by atoms with Gasteiger partial charge in [-0.1, -0.05) is 18.2 Å². The topological polar surface area (TPSA) is 59.4 Å². The first kappa shape index (κ1) is 11.1. The average Bonchev–Trinajstić information content (AvgIpc) is 2.32. The van der Waals surface area contributed by atoms with Gasteiger partial charge in [-0.05, 0) is 30.7 Å². The lowest BCUT2D eigenvalue weighted by molar-refractivity contribution is 0.0693. The number of carbonyl (C=O) groups is 1. The lowest BCUT2D eigenvalue weighted by atomic mass is 10.2. The van der Waals surface area contributed by atoms with Gasteiger partial charge in [-0.15, -0.1) is 0 Å². The highest BCUT2D eigenvalue weighted by Crippen LogP contribution is 2.23. The molecule has 0 radical (unpaired) electrons. The van der Waals surface area contributed by atoms with Gasteiger partial charge >= 0.3 is 5.97 Å². The van der Waals surface area contributed by atoms with E-state index in [1.807, 2.05) is 18.2 Å². The molecule has 1 N–H and O–H groups in total. The van der Waals surface area contributed by atoms with Gasteiger partial charge in [0, 0.05) is 6.20 Å². The van der Waals surface area contributed by atoms with Crippen LogP contribution in [0.4, 0.5) is 0 Å². The lowest BCUT2D eigenvalue weighted by Crippen LogP contribution is -2.02. The van der Waals surface area contributed by atoms with Crippen molar-refractivity contribution in [1.82, 2.24) is 4.98 Å². The largest absolute Gasteiger partial charge is 0.477 e. The van der Waals surface area contributed by atoms with Gasteiger partial charge in [0.2, 0.25) is 5.88 Å². The van der Waals surface area contributed by atoms with E-state index in [4.69, 9.17) is 9.84 Å². The summed E-state index contributed by atoms with van der Waals surface area (Å²) in [5, 5.41) is 9.05. The fourth-order valence-corrected chi connectivity index (χ4v) is 1.39. The van der Waals surface area contributed by atoms with Crippen LogP contribution in [0.1, 0.15) is 15.9 Å². The van der Waals surface area contributed by atoms with Crippen LogP contribution >= 0.6 is 0 Å². The lowest BCUT2D eigenvalue weighted by Gasteiger charge is -2.07. The molecule has 0 spiro atoms. The molecule has 0 aliphatic carbocycles. The summed E-state index contributed by atoms with van der Waals surface area (Å²) >= 11 is 0. The van der Waals surface area contributed by atoms with Crippen molar-refractivity contribution in [1.29, 1.82) is 0 Å². The molecule has 1 aromatic heterocycles. The molecule has 1 aromatic carbocycles. The highest BCUT2D eigenvalue weighted by Gasteiger charge is 2.13. The molecule has 0 saturated heterocycles. The van der Waals surface area contributed by atoms with Crippen LogP contribution < -0.4 is 4.74 Å². The molecule has 0 aliphatic rings. The summed E-state index contributed by atoms with van der Waals surface area (Å²) in [6.45, 7) is 1.78. The second kappa shape index (κ2) is 4.65. The fourth-order valence-electron chi connectivity index (χ4n) is 1.39. The molecule has 1 heterocycles. The van der Waals surface area contributed by atoms with Gasteiger partial charge in [0.05, 0.1) is 0 Å². The van der Waals surface area contributed by atoms with Gasteiger partial charge in [-0.25, -0.2) is 9.78 Å². The predicted molar refractivity (Wildman–Crippen MR) is 62.4 cm³/mol. The number of nitrogens with zero attached hydrogens (tertiary/aromatic N) is 1. The highest BCUT2D eigenvalue weighted by atomic mass is 16.5. The third kappa shape index (κ3) is 2.60. The number of aryl methyl sites for hydroxylation is 1. The van der Waals surface area contributed by atoms with Crippen molar-refractivity contribution >= 4 is 5.97 Å². The van der Waals surface area contributed by atoms with Crippen molar-refractivity contribution in [2.24, 2.45) is 0 Å². The normalized spacial score (nSPS) is 9.94. The minimum absolute atomic E-state index is 0.0638. The fraction of sp³-hybridized carbons (Fsp3) is 0.0769. The number of aromatic carboxylic acids is 1. The number of rotatable bonds is 3. The molecule has 2 rings (SSSR count). The van der Waals surface area contributed by atoms with Crippen LogP contribution in [0.3, 0.4) is 0 Å². The summed E-state index contributed by atoms with van der Waals surface area (Å²) in [5.41, 5.74) is 0.844. The maximum absolute atomic E-state index is 11.0. The first-order valence-corrected chi connectivity index (χ1v) is 5.09. The van der Waals surface area contributed by atoms with E-state index < -0.39 is 5.97 Å². The molecule has 0 atom stereocenters. The van der Waals surface area contributed by atoms with E-state index in [1.165, 1.54) is 6.07 Å². The van der Waals surface area contributed by atoms with Crippen molar-refractivity contribution in [3.05, 3.63) is 53.7 Å². The van der Waals surface area contributed by atoms with Crippen molar-refractivity contribution in [2.75, 3.05) is 0 Å². The number of carboxylic acid groups (broad SMARTS) is 1. The minimum atomic E-state index is -1.05. The van der Waals surface area contributed by atoms with Gasteiger partial charge < -0.3 is 9.84 Å². The summed E-state index contributed by atoms with van der Waals surface area (Å²) in [7, 11) is 0. The zero-order valence-corrected chi connectivity index (χ0v) is 9.25. The highest BCUT2D eigenvalue weighted by molar-refractivity contribution is 5.90. The number of pyridine rings is 1. The van der Waals surface area contributed by atoms with Crippen LogP contribution in [0.15, 0.2) is 42.6 Å². The van der Waals surface area contributed by atoms with Gasteiger partial charge in [0.1, 0.15) is 11.3 Å². The van der Waals surface area contributed by atoms with Crippen molar-refractivity contribution in [3.63, 3.8) is 0 Å². The number of benzene rings is 1. The maximum Gasteiger partial charge on any atom is 0.341 e. The van der Waals surface area contributed by atoms with Crippen LogP contribution in [0, 0.1) is 6.92 Å². The molecule has 0 aliphatic heterocycles. The Morgan fingerprint density at radius 2 is 2.00 bits per heavy atom.